The van der Waals surface area contributed by atoms with Crippen molar-refractivity contribution >= 4 is 47.6 Å². The maximum atomic E-state index is 13.3. The number of fused-ring (bicyclic) bond motifs is 3. The van der Waals surface area contributed by atoms with Gasteiger partial charge in [-0.3, -0.25) is 24.0 Å². The molecule has 0 saturated heterocycles. The molecule has 1 aliphatic carbocycles. The molecule has 1 aliphatic rings. The van der Waals surface area contributed by atoms with Gasteiger partial charge in [-0.2, -0.15) is 0 Å². The molecular weight excluding hydrogens is 1180 g/mol. The third-order valence-corrected chi connectivity index (χ3v) is 14.9. The summed E-state index contributed by atoms with van der Waals surface area (Å²) in [7, 11) is 0. The Bertz CT molecular complexity index is 2600. The van der Waals surface area contributed by atoms with Crippen LogP contribution >= 0.6 is 0 Å². The molecule has 2 atom stereocenters. The van der Waals surface area contributed by atoms with E-state index in [9.17, 15) is 38.4 Å². The smallest absolute Gasteiger partial charge is 0.407 e. The second-order valence-corrected chi connectivity index (χ2v) is 25.2. The SMILES string of the molecule is CC(C)(C)OC(=O)CCCCCCCCCCCCCCCCC(=O)N[C@@H](CCC(=O)NCCOCCOCC(=O)NCCOCCOCC(=O)NCCCC[C@H](NC(=O)OCC1c2ccccc2-c2ccccc21)C(=O)OCc1ccccc1)C(=O)OC(C)(C)C. The molecule has 5 amide bonds. The summed E-state index contributed by atoms with van der Waals surface area (Å²) < 4.78 is 44.0. The van der Waals surface area contributed by atoms with E-state index in [-0.39, 0.29) is 134 Å². The van der Waals surface area contributed by atoms with Gasteiger partial charge in [-0.1, -0.05) is 156 Å². The lowest BCUT2D eigenvalue weighted by Gasteiger charge is -2.24. The largest absolute Gasteiger partial charge is 0.460 e. The first-order valence-corrected chi connectivity index (χ1v) is 33.4. The fourth-order valence-electron chi connectivity index (χ4n) is 10.3. The molecule has 4 rings (SSSR count). The van der Waals surface area contributed by atoms with Gasteiger partial charge in [-0.15, -0.1) is 0 Å². The highest BCUT2D eigenvalue weighted by atomic mass is 16.6. The third kappa shape index (κ3) is 35.8. The van der Waals surface area contributed by atoms with Gasteiger partial charge in [0.1, 0.15) is 49.7 Å². The third-order valence-electron chi connectivity index (χ3n) is 14.9. The van der Waals surface area contributed by atoms with Crippen molar-refractivity contribution in [3.05, 3.63) is 95.6 Å². The number of esters is 3. The Hall–Kier alpha value is -6.94. The number of carbonyl (C=O) groups excluding carboxylic acids is 8. The molecule has 0 aromatic heterocycles. The van der Waals surface area contributed by atoms with Gasteiger partial charge in [0, 0.05) is 44.8 Å². The quantitative estimate of drug-likeness (QED) is 0.0200. The van der Waals surface area contributed by atoms with Crippen LogP contribution in [-0.2, 0) is 78.1 Å². The lowest BCUT2D eigenvalue weighted by Crippen LogP contribution is -2.44. The maximum absolute atomic E-state index is 13.3. The van der Waals surface area contributed by atoms with Gasteiger partial charge in [-0.05, 0) is 108 Å². The van der Waals surface area contributed by atoms with Crippen LogP contribution in [0.4, 0.5) is 4.79 Å². The second kappa shape index (κ2) is 45.4. The minimum absolute atomic E-state index is 0.00150. The van der Waals surface area contributed by atoms with E-state index >= 15 is 0 Å². The summed E-state index contributed by atoms with van der Waals surface area (Å²) in [5.41, 5.74) is 4.00. The molecule has 0 aliphatic heterocycles. The minimum Gasteiger partial charge on any atom is -0.460 e. The number of nitrogens with one attached hydrogen (secondary N) is 5. The monoisotopic (exact) mass is 1290 g/mol. The number of unbranched alkanes of at least 4 members (excludes halogenated alkanes) is 14. The average molecular weight is 1290 g/mol. The Morgan fingerprint density at radius 2 is 0.880 bits per heavy atom. The summed E-state index contributed by atoms with van der Waals surface area (Å²) in [6, 6.07) is 23.4. The number of amides is 5. The molecule has 21 nitrogen and oxygen atoms in total. The van der Waals surface area contributed by atoms with Crippen LogP contribution in [0.1, 0.15) is 199 Å². The number of hydrogen-bond donors (Lipinski definition) is 5. The number of hydrogen-bond acceptors (Lipinski definition) is 16. The number of alkyl carbamates (subject to hydrolysis) is 1. The molecule has 0 heterocycles. The normalized spacial score (nSPS) is 12.6. The van der Waals surface area contributed by atoms with Crippen molar-refractivity contribution in [2.24, 2.45) is 0 Å². The van der Waals surface area contributed by atoms with E-state index in [1.54, 1.807) is 20.8 Å². The molecule has 0 bridgehead atoms. The minimum atomic E-state index is -0.965. The van der Waals surface area contributed by atoms with Gasteiger partial charge in [0.15, 0.2) is 0 Å². The summed E-state index contributed by atoms with van der Waals surface area (Å²) in [6.07, 6.45) is 17.0. The van der Waals surface area contributed by atoms with E-state index < -0.39 is 41.3 Å². The van der Waals surface area contributed by atoms with Crippen LogP contribution < -0.4 is 26.6 Å². The van der Waals surface area contributed by atoms with E-state index in [4.69, 9.17) is 37.9 Å². The van der Waals surface area contributed by atoms with Crippen molar-refractivity contribution in [2.75, 3.05) is 79.1 Å². The van der Waals surface area contributed by atoms with Crippen LogP contribution in [0.5, 0.6) is 0 Å². The maximum Gasteiger partial charge on any atom is 0.407 e. The van der Waals surface area contributed by atoms with Crippen molar-refractivity contribution in [2.45, 2.75) is 212 Å². The second-order valence-electron chi connectivity index (χ2n) is 25.2. The summed E-state index contributed by atoms with van der Waals surface area (Å²) in [5.74, 6) is -2.61. The average Bonchev–Trinajstić information content (AvgIpc) is 1.62. The number of rotatable bonds is 49. The Kier molecular flexibility index (Phi) is 38.2. The zero-order chi connectivity index (χ0) is 66.7. The van der Waals surface area contributed by atoms with Crippen molar-refractivity contribution in [1.29, 1.82) is 0 Å². The molecule has 0 fully saturated rings. The summed E-state index contributed by atoms with van der Waals surface area (Å²) in [6.45, 7) is 12.6. The lowest BCUT2D eigenvalue weighted by molar-refractivity contribution is -0.159. The van der Waals surface area contributed by atoms with Gasteiger partial charge >= 0.3 is 24.0 Å². The van der Waals surface area contributed by atoms with Gasteiger partial charge < -0.3 is 64.5 Å². The molecule has 21 heteroatoms. The van der Waals surface area contributed by atoms with Crippen LogP contribution in [0.25, 0.3) is 11.1 Å². The zero-order valence-corrected chi connectivity index (χ0v) is 55.8. The standard InChI is InChI=1S/C71H107N5O16/c1-70(2,3)91-66(81)38-23-18-16-14-12-10-8-7-9-11-13-15-17-22-37-63(78)75-61(68(83)92-71(4,5)6)39-40-62(77)73-42-44-85-46-49-88-53-65(80)74-43-45-86-47-48-87-52-64(79)72-41-29-28-36-60(67(82)89-50-54-30-20-19-21-31-54)76-69(84)90-51-59-57-34-26-24-32-55(57)56-33-25-27-35-58(56)59/h19-21,24-27,30-35,59-61H,7-18,22-23,28-29,36-53H2,1-6H3,(H,72,79)(H,73,77)(H,74,80)(H,75,78)(H,76,84)/t60-,61-/m0/s1. The Morgan fingerprint density at radius 3 is 1.42 bits per heavy atom. The molecule has 512 valence electrons. The highest BCUT2D eigenvalue weighted by Crippen LogP contribution is 2.44. The van der Waals surface area contributed by atoms with E-state index in [0.717, 1.165) is 72.8 Å². The predicted molar refractivity (Wildman–Crippen MR) is 351 cm³/mol. The van der Waals surface area contributed by atoms with Crippen LogP contribution in [0.2, 0.25) is 0 Å². The summed E-state index contributed by atoms with van der Waals surface area (Å²) >= 11 is 0. The fraction of sp³-hybridized carbons (Fsp3) is 0.634. The van der Waals surface area contributed by atoms with E-state index in [1.165, 1.54) is 44.9 Å². The van der Waals surface area contributed by atoms with Gasteiger partial charge in [0.2, 0.25) is 23.6 Å². The summed E-state index contributed by atoms with van der Waals surface area (Å²) in [4.78, 5) is 101. The van der Waals surface area contributed by atoms with Crippen molar-refractivity contribution < 1.29 is 76.3 Å². The van der Waals surface area contributed by atoms with Crippen LogP contribution in [0.15, 0.2) is 78.9 Å². The molecule has 3 aromatic carbocycles. The molecule has 0 spiro atoms. The van der Waals surface area contributed by atoms with Gasteiger partial charge in [0.25, 0.3) is 0 Å². The molecule has 0 radical (unpaired) electrons. The van der Waals surface area contributed by atoms with E-state index in [0.29, 0.717) is 32.2 Å². The number of ether oxygens (including phenoxy) is 8. The number of carbonyl (C=O) groups is 8. The van der Waals surface area contributed by atoms with Crippen LogP contribution in [0.3, 0.4) is 0 Å². The fourth-order valence-corrected chi connectivity index (χ4v) is 10.3. The Labute approximate surface area is 546 Å². The highest BCUT2D eigenvalue weighted by Gasteiger charge is 2.31. The highest BCUT2D eigenvalue weighted by molar-refractivity contribution is 5.86. The first-order chi connectivity index (χ1) is 44.3. The zero-order valence-electron chi connectivity index (χ0n) is 55.8. The van der Waals surface area contributed by atoms with Gasteiger partial charge in [0.05, 0.1) is 39.6 Å². The van der Waals surface area contributed by atoms with Crippen molar-refractivity contribution in [1.82, 2.24) is 26.6 Å². The topological polar surface area (TPSA) is 271 Å². The lowest BCUT2D eigenvalue weighted by atomic mass is 9.98. The van der Waals surface area contributed by atoms with E-state index in [1.807, 2.05) is 87.5 Å². The Balaban J connectivity index is 0.942. The molecule has 92 heavy (non-hydrogen) atoms. The Morgan fingerprint density at radius 1 is 0.413 bits per heavy atom. The van der Waals surface area contributed by atoms with Crippen LogP contribution in [-0.4, -0.2) is 150 Å². The van der Waals surface area contributed by atoms with Crippen LogP contribution in [0, 0.1) is 0 Å². The van der Waals surface area contributed by atoms with E-state index in [2.05, 4.69) is 38.7 Å². The first kappa shape index (κ1) is 77.5. The van der Waals surface area contributed by atoms with Crippen molar-refractivity contribution in [3.63, 3.8) is 0 Å². The van der Waals surface area contributed by atoms with Gasteiger partial charge in [-0.25, -0.2) is 14.4 Å². The molecular formula is C71H107N5O16. The first-order valence-electron chi connectivity index (χ1n) is 33.4. The molecule has 0 unspecified atom stereocenters. The molecule has 5 N–H and O–H groups in total. The summed E-state index contributed by atoms with van der Waals surface area (Å²) in [5, 5.41) is 13.8. The van der Waals surface area contributed by atoms with Crippen molar-refractivity contribution in [3.8, 4) is 11.1 Å². The molecule has 0 saturated carbocycles. The molecule has 3 aromatic rings. The number of benzene rings is 3. The predicted octanol–water partition coefficient (Wildman–Crippen LogP) is 10.4.